The second kappa shape index (κ2) is 10.7. The number of carbonyl (C=O) groups is 1. The fourth-order valence-corrected chi connectivity index (χ4v) is 5.39. The third-order valence-corrected chi connectivity index (χ3v) is 7.60. The van der Waals surface area contributed by atoms with Crippen LogP contribution in [0.4, 0.5) is 0 Å². The monoisotopic (exact) mass is 436 g/mol. The van der Waals surface area contributed by atoms with Gasteiger partial charge in [0.05, 0.1) is 0 Å². The molecule has 2 unspecified atom stereocenters. The summed E-state index contributed by atoms with van der Waals surface area (Å²) in [5.74, 6) is 6.16. The van der Waals surface area contributed by atoms with Crippen molar-refractivity contribution < 1.29 is 14.6 Å². The van der Waals surface area contributed by atoms with Crippen molar-refractivity contribution in [3.8, 4) is 11.8 Å². The number of esters is 1. The Balaban J connectivity index is 1.65. The molecule has 0 aliphatic heterocycles. The predicted octanol–water partition coefficient (Wildman–Crippen LogP) is 6.74. The molecule has 2 atom stereocenters. The summed E-state index contributed by atoms with van der Waals surface area (Å²) in [7, 11) is 0. The van der Waals surface area contributed by atoms with E-state index in [1.807, 2.05) is 13.8 Å². The normalized spacial score (nSPS) is 28.0. The van der Waals surface area contributed by atoms with E-state index in [4.69, 9.17) is 4.74 Å². The van der Waals surface area contributed by atoms with Gasteiger partial charge in [-0.15, -0.1) is 0 Å². The SMILES string of the molecule is CCC(O)(C#CCCC1=CC=C2/C(=C/C=C3/CCCC(OC(C)=O)C3)CCCC12C)CC. The number of carbonyl (C=O) groups excluding carboxylic acids is 1. The van der Waals surface area contributed by atoms with Crippen molar-refractivity contribution in [3.05, 3.63) is 46.6 Å². The molecule has 3 nitrogen and oxygen atoms in total. The van der Waals surface area contributed by atoms with Gasteiger partial charge in [0.15, 0.2) is 0 Å². The Morgan fingerprint density at radius 3 is 2.75 bits per heavy atom. The van der Waals surface area contributed by atoms with E-state index in [0.717, 1.165) is 44.9 Å². The van der Waals surface area contributed by atoms with Crippen molar-refractivity contribution in [2.75, 3.05) is 0 Å². The van der Waals surface area contributed by atoms with Crippen LogP contribution in [0.5, 0.6) is 0 Å². The van der Waals surface area contributed by atoms with Crippen LogP contribution in [0.1, 0.15) is 98.3 Å². The summed E-state index contributed by atoms with van der Waals surface area (Å²) in [6.45, 7) is 7.87. The average molecular weight is 437 g/mol. The molecule has 0 aromatic heterocycles. The molecule has 3 aliphatic carbocycles. The first-order valence-electron chi connectivity index (χ1n) is 12.5. The molecule has 0 amide bonds. The third kappa shape index (κ3) is 5.84. The average Bonchev–Trinajstić information content (AvgIpc) is 3.11. The molecule has 3 aliphatic rings. The van der Waals surface area contributed by atoms with Crippen LogP contribution in [-0.2, 0) is 9.53 Å². The lowest BCUT2D eigenvalue weighted by molar-refractivity contribution is -0.147. The lowest BCUT2D eigenvalue weighted by Gasteiger charge is -2.37. The van der Waals surface area contributed by atoms with Crippen molar-refractivity contribution >= 4 is 5.97 Å². The molecule has 3 rings (SSSR count). The van der Waals surface area contributed by atoms with Gasteiger partial charge >= 0.3 is 5.97 Å². The Morgan fingerprint density at radius 2 is 2.03 bits per heavy atom. The molecule has 0 saturated heterocycles. The number of allylic oxidation sites excluding steroid dienone is 7. The topological polar surface area (TPSA) is 46.5 Å². The third-order valence-electron chi connectivity index (χ3n) is 7.60. The molecule has 0 bridgehead atoms. The minimum absolute atomic E-state index is 0.0423. The van der Waals surface area contributed by atoms with E-state index in [1.54, 1.807) is 0 Å². The second-order valence-corrected chi connectivity index (χ2v) is 9.84. The van der Waals surface area contributed by atoms with Crippen molar-refractivity contribution in [2.45, 2.75) is 110 Å². The van der Waals surface area contributed by atoms with E-state index in [0.29, 0.717) is 12.8 Å². The summed E-state index contributed by atoms with van der Waals surface area (Å²) >= 11 is 0. The van der Waals surface area contributed by atoms with Gasteiger partial charge in [0.1, 0.15) is 11.7 Å². The molecule has 0 radical (unpaired) electrons. The van der Waals surface area contributed by atoms with Gasteiger partial charge in [-0.1, -0.05) is 68.1 Å². The Hall–Kier alpha value is -2.05. The van der Waals surface area contributed by atoms with Crippen molar-refractivity contribution in [1.82, 2.24) is 0 Å². The van der Waals surface area contributed by atoms with E-state index >= 15 is 0 Å². The van der Waals surface area contributed by atoms with E-state index in [-0.39, 0.29) is 17.5 Å². The Labute approximate surface area is 194 Å². The maximum Gasteiger partial charge on any atom is 0.302 e. The number of rotatable bonds is 6. The molecule has 0 spiro atoms. The Bertz CT molecular complexity index is 885. The van der Waals surface area contributed by atoms with Crippen LogP contribution >= 0.6 is 0 Å². The zero-order chi connectivity index (χ0) is 23.2. The number of ether oxygens (including phenoxy) is 1. The number of hydrogen-bond donors (Lipinski definition) is 1. The highest BCUT2D eigenvalue weighted by atomic mass is 16.5. The molecule has 174 valence electrons. The lowest BCUT2D eigenvalue weighted by atomic mass is 9.67. The van der Waals surface area contributed by atoms with Gasteiger partial charge in [0.2, 0.25) is 0 Å². The summed E-state index contributed by atoms with van der Waals surface area (Å²) < 4.78 is 5.45. The zero-order valence-corrected chi connectivity index (χ0v) is 20.4. The highest BCUT2D eigenvalue weighted by Crippen LogP contribution is 2.52. The minimum atomic E-state index is -0.834. The predicted molar refractivity (Wildman–Crippen MR) is 131 cm³/mol. The van der Waals surface area contributed by atoms with E-state index < -0.39 is 5.60 Å². The fraction of sp³-hybridized carbons (Fsp3) is 0.621. The van der Waals surface area contributed by atoms with Gasteiger partial charge in [0, 0.05) is 25.2 Å². The summed E-state index contributed by atoms with van der Waals surface area (Å²) in [5.41, 5.74) is 5.06. The Morgan fingerprint density at radius 1 is 1.25 bits per heavy atom. The maximum atomic E-state index is 11.3. The fourth-order valence-electron chi connectivity index (χ4n) is 5.39. The zero-order valence-electron chi connectivity index (χ0n) is 20.4. The lowest BCUT2D eigenvalue weighted by Crippen LogP contribution is -2.25. The molecular weight excluding hydrogens is 396 g/mol. The van der Waals surface area contributed by atoms with Gasteiger partial charge in [-0.25, -0.2) is 0 Å². The summed E-state index contributed by atoms with van der Waals surface area (Å²) in [6.07, 6.45) is 19.9. The van der Waals surface area contributed by atoms with E-state index in [9.17, 15) is 9.90 Å². The first kappa shape index (κ1) is 24.6. The summed E-state index contributed by atoms with van der Waals surface area (Å²) in [4.78, 5) is 11.3. The van der Waals surface area contributed by atoms with Crippen LogP contribution in [0.25, 0.3) is 0 Å². The van der Waals surface area contributed by atoms with Gasteiger partial charge in [0.25, 0.3) is 0 Å². The molecule has 2 fully saturated rings. The van der Waals surface area contributed by atoms with Gasteiger partial charge < -0.3 is 9.84 Å². The van der Waals surface area contributed by atoms with Crippen molar-refractivity contribution in [1.29, 1.82) is 0 Å². The van der Waals surface area contributed by atoms with Crippen LogP contribution < -0.4 is 0 Å². The van der Waals surface area contributed by atoms with Gasteiger partial charge in [-0.3, -0.25) is 4.79 Å². The van der Waals surface area contributed by atoms with Crippen molar-refractivity contribution in [2.24, 2.45) is 5.41 Å². The largest absolute Gasteiger partial charge is 0.462 e. The van der Waals surface area contributed by atoms with Crippen LogP contribution in [0.3, 0.4) is 0 Å². The molecule has 0 aromatic rings. The van der Waals surface area contributed by atoms with Gasteiger partial charge in [-0.2, -0.15) is 0 Å². The first-order valence-corrected chi connectivity index (χ1v) is 12.5. The van der Waals surface area contributed by atoms with Crippen LogP contribution in [0, 0.1) is 17.3 Å². The molecular formula is C29H40O3. The quantitative estimate of drug-likeness (QED) is 0.371. The summed E-state index contributed by atoms with van der Waals surface area (Å²) in [5, 5.41) is 10.4. The number of fused-ring (bicyclic) bond motifs is 1. The molecule has 0 heterocycles. The molecule has 3 heteroatoms. The second-order valence-electron chi connectivity index (χ2n) is 9.84. The Kier molecular flexibility index (Phi) is 8.23. The van der Waals surface area contributed by atoms with E-state index in [1.165, 1.54) is 42.1 Å². The molecule has 1 N–H and O–H groups in total. The van der Waals surface area contributed by atoms with Crippen LogP contribution in [-0.4, -0.2) is 22.8 Å². The molecule has 0 aromatic carbocycles. The number of hydrogen-bond acceptors (Lipinski definition) is 3. The van der Waals surface area contributed by atoms with Crippen LogP contribution in [0.15, 0.2) is 46.6 Å². The summed E-state index contributed by atoms with van der Waals surface area (Å²) in [6, 6.07) is 0. The molecule has 2 saturated carbocycles. The van der Waals surface area contributed by atoms with E-state index in [2.05, 4.69) is 43.1 Å². The highest BCUT2D eigenvalue weighted by molar-refractivity contribution is 5.66. The van der Waals surface area contributed by atoms with Crippen LogP contribution in [0.2, 0.25) is 0 Å². The number of aliphatic hydroxyl groups is 1. The first-order chi connectivity index (χ1) is 15.3. The maximum absolute atomic E-state index is 11.3. The molecule has 32 heavy (non-hydrogen) atoms. The highest BCUT2D eigenvalue weighted by Gasteiger charge is 2.39. The smallest absolute Gasteiger partial charge is 0.302 e. The van der Waals surface area contributed by atoms with Crippen molar-refractivity contribution in [3.63, 3.8) is 0 Å². The standard InChI is InChI=1S/C29H40O3/c1-5-29(31,6-2)20-8-7-13-25-17-18-27-24(12-10-19-28(25,27)4)16-15-23-11-9-14-26(21-23)32-22(3)30/h15-18,26,31H,5-7,9-14,19,21H2,1-4H3/b23-15-,24-16+. The van der Waals surface area contributed by atoms with Gasteiger partial charge in [-0.05, 0) is 68.9 Å². The minimum Gasteiger partial charge on any atom is -0.462 e.